The van der Waals surface area contributed by atoms with Gasteiger partial charge in [0.25, 0.3) is 0 Å². The summed E-state index contributed by atoms with van der Waals surface area (Å²) in [6, 6.07) is 0. The van der Waals surface area contributed by atoms with Gasteiger partial charge in [0.1, 0.15) is 0 Å². The molecule has 2 rings (SSSR count). The number of hydroxylamine groups is 2. The van der Waals surface area contributed by atoms with Crippen LogP contribution < -0.4 is 0 Å². The fraction of sp³-hybridized carbons (Fsp3) is 1.00. The van der Waals surface area contributed by atoms with Gasteiger partial charge < -0.3 is 15.0 Å². The van der Waals surface area contributed by atoms with E-state index in [4.69, 9.17) is 4.74 Å². The van der Waals surface area contributed by atoms with E-state index >= 15 is 0 Å². The van der Waals surface area contributed by atoms with Gasteiger partial charge in [-0.25, -0.2) is 0 Å². The lowest BCUT2D eigenvalue weighted by Crippen LogP contribution is -2.16. The molecule has 0 aromatic carbocycles. The van der Waals surface area contributed by atoms with Crippen molar-refractivity contribution < 1.29 is 4.74 Å². The molecule has 1 aliphatic heterocycles. The molecule has 1 unspecified atom stereocenters. The second-order valence-electron chi connectivity index (χ2n) is 2.84. The molecule has 3 nitrogen and oxygen atoms in total. The van der Waals surface area contributed by atoms with Crippen LogP contribution in [0.15, 0.2) is 0 Å². The van der Waals surface area contributed by atoms with E-state index < -0.39 is 0 Å². The normalized spacial score (nSPS) is 37.7. The number of nitrogens with zero attached hydrogens (tertiary/aromatic N) is 1. The van der Waals surface area contributed by atoms with Crippen molar-refractivity contribution in [3.63, 3.8) is 0 Å². The molecule has 52 valence electrons. The quantitative estimate of drug-likeness (QED) is 0.517. The minimum Gasteiger partial charge on any atom is -0.783 e. The third kappa shape index (κ3) is 1.08. The molecule has 0 N–H and O–H groups in total. The summed E-state index contributed by atoms with van der Waals surface area (Å²) in [5.41, 5.74) is 0. The Hall–Kier alpha value is -0.120. The SMILES string of the molecule is [O-]N1COC(C2CC2)C1. The smallest absolute Gasteiger partial charge is 0.0882 e. The summed E-state index contributed by atoms with van der Waals surface area (Å²) in [7, 11) is 0. The molecule has 0 aromatic rings. The Bertz CT molecular complexity index is 114. The van der Waals surface area contributed by atoms with Crippen molar-refractivity contribution >= 4 is 0 Å². The molecule has 0 amide bonds. The van der Waals surface area contributed by atoms with Crippen molar-refractivity contribution in [1.82, 2.24) is 5.06 Å². The van der Waals surface area contributed by atoms with Gasteiger partial charge in [-0.3, -0.25) is 0 Å². The minimum absolute atomic E-state index is 0.266. The second-order valence-corrected chi connectivity index (χ2v) is 2.84. The van der Waals surface area contributed by atoms with Crippen LogP contribution in [0.4, 0.5) is 0 Å². The van der Waals surface area contributed by atoms with Crippen molar-refractivity contribution in [2.24, 2.45) is 5.92 Å². The molecule has 1 saturated carbocycles. The van der Waals surface area contributed by atoms with Crippen molar-refractivity contribution in [3.8, 4) is 0 Å². The fourth-order valence-corrected chi connectivity index (χ4v) is 1.24. The predicted molar refractivity (Wildman–Crippen MR) is 32.5 cm³/mol. The van der Waals surface area contributed by atoms with Crippen molar-refractivity contribution in [3.05, 3.63) is 5.21 Å². The van der Waals surface area contributed by atoms with Gasteiger partial charge in [0.2, 0.25) is 0 Å². The zero-order valence-corrected chi connectivity index (χ0v) is 5.25. The standard InChI is InChI=1S/C6H10NO2/c8-7-3-6(9-4-7)5-1-2-5/h5-6H,1-4H2/q-1. The van der Waals surface area contributed by atoms with E-state index in [2.05, 4.69) is 0 Å². The van der Waals surface area contributed by atoms with Gasteiger partial charge in [0.05, 0.1) is 12.8 Å². The molecular formula is C6H10NO2-. The van der Waals surface area contributed by atoms with E-state index in [0.717, 1.165) is 5.06 Å². The average Bonchev–Trinajstić information content (AvgIpc) is 2.58. The largest absolute Gasteiger partial charge is 0.783 e. The zero-order chi connectivity index (χ0) is 6.27. The van der Waals surface area contributed by atoms with Gasteiger partial charge in [-0.15, -0.1) is 0 Å². The summed E-state index contributed by atoms with van der Waals surface area (Å²) in [4.78, 5) is 0. The number of rotatable bonds is 1. The monoisotopic (exact) mass is 128 g/mol. The fourth-order valence-electron chi connectivity index (χ4n) is 1.24. The highest BCUT2D eigenvalue weighted by Gasteiger charge is 2.34. The van der Waals surface area contributed by atoms with Crippen LogP contribution in [0.3, 0.4) is 0 Å². The molecule has 2 aliphatic rings. The summed E-state index contributed by atoms with van der Waals surface area (Å²) >= 11 is 0. The van der Waals surface area contributed by atoms with Crippen LogP contribution in [0.1, 0.15) is 12.8 Å². The van der Waals surface area contributed by atoms with Crippen molar-refractivity contribution in [2.75, 3.05) is 13.3 Å². The summed E-state index contributed by atoms with van der Waals surface area (Å²) in [6.45, 7) is 0.895. The second kappa shape index (κ2) is 1.94. The van der Waals surface area contributed by atoms with Crippen molar-refractivity contribution in [1.29, 1.82) is 0 Å². The summed E-state index contributed by atoms with van der Waals surface area (Å²) in [5, 5.41) is 11.6. The Morgan fingerprint density at radius 1 is 1.44 bits per heavy atom. The molecule has 0 spiro atoms. The van der Waals surface area contributed by atoms with Gasteiger partial charge in [0.15, 0.2) is 0 Å². The molecule has 1 atom stereocenters. The van der Waals surface area contributed by atoms with Crippen LogP contribution in [0.5, 0.6) is 0 Å². The molecule has 1 saturated heterocycles. The zero-order valence-electron chi connectivity index (χ0n) is 5.25. The predicted octanol–water partition coefficient (Wildman–Crippen LogP) is 0.552. The van der Waals surface area contributed by atoms with Crippen LogP contribution in [0.2, 0.25) is 0 Å². The lowest BCUT2D eigenvalue weighted by Gasteiger charge is -2.17. The van der Waals surface area contributed by atoms with E-state index in [-0.39, 0.29) is 6.10 Å². The summed E-state index contributed by atoms with van der Waals surface area (Å²) in [5.74, 6) is 0.712. The average molecular weight is 128 g/mol. The first kappa shape index (κ1) is 5.65. The third-order valence-electron chi connectivity index (χ3n) is 1.96. The van der Waals surface area contributed by atoms with Gasteiger partial charge in [-0.05, 0) is 18.8 Å². The molecule has 0 aromatic heterocycles. The molecule has 0 radical (unpaired) electrons. The molecule has 2 fully saturated rings. The number of hydrogen-bond donors (Lipinski definition) is 0. The Labute approximate surface area is 54.2 Å². The molecule has 0 bridgehead atoms. The molecule has 9 heavy (non-hydrogen) atoms. The molecule has 3 heteroatoms. The highest BCUT2D eigenvalue weighted by Crippen LogP contribution is 2.36. The van der Waals surface area contributed by atoms with E-state index in [1.165, 1.54) is 12.8 Å². The minimum atomic E-state index is 0.266. The Kier molecular flexibility index (Phi) is 1.22. The Balaban J connectivity index is 1.86. The first-order valence-corrected chi connectivity index (χ1v) is 3.40. The van der Waals surface area contributed by atoms with Crippen LogP contribution in [-0.2, 0) is 4.74 Å². The highest BCUT2D eigenvalue weighted by atomic mass is 16.6. The van der Waals surface area contributed by atoms with Crippen LogP contribution in [0.25, 0.3) is 0 Å². The Morgan fingerprint density at radius 3 is 2.67 bits per heavy atom. The lowest BCUT2D eigenvalue weighted by molar-refractivity contribution is 0.0854. The number of hydrogen-bond acceptors (Lipinski definition) is 3. The van der Waals surface area contributed by atoms with Gasteiger partial charge in [-0.1, -0.05) is 0 Å². The van der Waals surface area contributed by atoms with Crippen LogP contribution in [0, 0.1) is 11.1 Å². The van der Waals surface area contributed by atoms with E-state index in [0.29, 0.717) is 19.2 Å². The van der Waals surface area contributed by atoms with E-state index in [1.54, 1.807) is 0 Å². The first-order valence-electron chi connectivity index (χ1n) is 3.40. The summed E-state index contributed by atoms with van der Waals surface area (Å²) in [6.07, 6.45) is 2.79. The van der Waals surface area contributed by atoms with E-state index in [9.17, 15) is 5.21 Å². The third-order valence-corrected chi connectivity index (χ3v) is 1.96. The highest BCUT2D eigenvalue weighted by molar-refractivity contribution is 4.86. The van der Waals surface area contributed by atoms with E-state index in [1.807, 2.05) is 0 Å². The summed E-state index contributed by atoms with van der Waals surface area (Å²) < 4.78 is 5.20. The first-order chi connectivity index (χ1) is 4.36. The topological polar surface area (TPSA) is 35.5 Å². The van der Waals surface area contributed by atoms with Gasteiger partial charge in [0, 0.05) is 6.54 Å². The maximum atomic E-state index is 10.6. The maximum absolute atomic E-state index is 10.6. The van der Waals surface area contributed by atoms with Crippen LogP contribution >= 0.6 is 0 Å². The maximum Gasteiger partial charge on any atom is 0.0882 e. The van der Waals surface area contributed by atoms with Gasteiger partial charge >= 0.3 is 0 Å². The molecule has 1 aliphatic carbocycles. The lowest BCUT2D eigenvalue weighted by atomic mass is 10.2. The molecule has 1 heterocycles. The molecular weight excluding hydrogens is 118 g/mol. The number of ether oxygens (including phenoxy) is 1. The van der Waals surface area contributed by atoms with Crippen molar-refractivity contribution in [2.45, 2.75) is 18.9 Å². The Morgan fingerprint density at radius 2 is 2.22 bits per heavy atom. The van der Waals surface area contributed by atoms with Crippen LogP contribution in [-0.4, -0.2) is 24.4 Å². The van der Waals surface area contributed by atoms with Gasteiger partial charge in [-0.2, -0.15) is 0 Å².